The zero-order valence-corrected chi connectivity index (χ0v) is 16.5. The van der Waals surface area contributed by atoms with Crippen LogP contribution in [0.3, 0.4) is 0 Å². The van der Waals surface area contributed by atoms with Crippen molar-refractivity contribution in [2.24, 2.45) is 5.92 Å². The molecule has 0 amide bonds. The molecule has 0 spiro atoms. The summed E-state index contributed by atoms with van der Waals surface area (Å²) in [4.78, 5) is 14.9. The normalized spacial score (nSPS) is 22.5. The summed E-state index contributed by atoms with van der Waals surface area (Å²) in [5.74, 6) is 1.43. The number of halogens is 3. The predicted octanol–water partition coefficient (Wildman–Crippen LogP) is 4.70. The van der Waals surface area contributed by atoms with E-state index in [0.29, 0.717) is 23.7 Å². The maximum absolute atomic E-state index is 12.6. The van der Waals surface area contributed by atoms with Crippen LogP contribution in [0.5, 0.6) is 11.5 Å². The molecule has 2 aliphatic rings. The molecule has 2 aliphatic heterocycles. The monoisotopic (exact) mass is 399 g/mol. The topological polar surface area (TPSA) is 38.8 Å². The summed E-state index contributed by atoms with van der Waals surface area (Å²) >= 11 is 0. The van der Waals surface area contributed by atoms with Crippen LogP contribution in [0, 0.1) is 5.92 Å². The van der Waals surface area contributed by atoms with Gasteiger partial charge >= 0.3 is 6.18 Å². The van der Waals surface area contributed by atoms with Crippen LogP contribution in [0.4, 0.5) is 13.2 Å². The number of fused-ring (bicyclic) bond motifs is 3. The van der Waals surface area contributed by atoms with Crippen molar-refractivity contribution < 1.29 is 27.4 Å². The minimum absolute atomic E-state index is 0.0125. The Labute approximate surface area is 164 Å². The van der Waals surface area contributed by atoms with Crippen LogP contribution in [0.2, 0.25) is 0 Å². The van der Waals surface area contributed by atoms with E-state index in [4.69, 9.17) is 9.47 Å². The van der Waals surface area contributed by atoms with Gasteiger partial charge in [-0.05, 0) is 42.5 Å². The standard InChI is InChI=1S/C21H28F3NO3/c1-3-5-15-13-25-8-6-14-10-20(28-9-4-7-21(22,23)24)19(27-2)11-16(14)17(25)12-18(15)26/h10-11,15,17H,3-9,12-13H2,1-2H3. The smallest absolute Gasteiger partial charge is 0.389 e. The lowest BCUT2D eigenvalue weighted by Gasteiger charge is -2.43. The molecule has 0 radical (unpaired) electrons. The van der Waals surface area contributed by atoms with E-state index in [1.807, 2.05) is 12.1 Å². The molecule has 0 saturated carbocycles. The van der Waals surface area contributed by atoms with Gasteiger partial charge in [0.1, 0.15) is 5.78 Å². The Bertz CT molecular complexity index is 705. The second kappa shape index (κ2) is 8.72. The van der Waals surface area contributed by atoms with Crippen LogP contribution in [0.25, 0.3) is 0 Å². The number of carbonyl (C=O) groups excluding carboxylic acids is 1. The van der Waals surface area contributed by atoms with Crippen LogP contribution in [-0.2, 0) is 11.2 Å². The molecule has 3 rings (SSSR count). The number of benzene rings is 1. The molecular weight excluding hydrogens is 371 g/mol. The molecule has 1 saturated heterocycles. The second-order valence-electron chi connectivity index (χ2n) is 7.69. The number of nitrogens with zero attached hydrogens (tertiary/aromatic N) is 1. The van der Waals surface area contributed by atoms with E-state index in [1.54, 1.807) is 0 Å². The molecular formula is C21H28F3NO3. The van der Waals surface area contributed by atoms with Crippen LogP contribution < -0.4 is 9.47 Å². The summed E-state index contributed by atoms with van der Waals surface area (Å²) < 4.78 is 47.9. The third-order valence-electron chi connectivity index (χ3n) is 5.70. The number of ether oxygens (including phenoxy) is 2. The van der Waals surface area contributed by atoms with Crippen LogP contribution in [0.1, 0.15) is 56.2 Å². The number of methoxy groups -OCH3 is 1. The van der Waals surface area contributed by atoms with E-state index >= 15 is 0 Å². The number of hydrogen-bond acceptors (Lipinski definition) is 4. The third kappa shape index (κ3) is 4.80. The number of alkyl halides is 3. The van der Waals surface area contributed by atoms with E-state index in [0.717, 1.165) is 43.5 Å². The molecule has 1 aromatic carbocycles. The van der Waals surface area contributed by atoms with Crippen LogP contribution in [-0.4, -0.2) is 43.7 Å². The van der Waals surface area contributed by atoms with Crippen molar-refractivity contribution in [3.8, 4) is 11.5 Å². The number of ketones is 1. The Hall–Kier alpha value is -1.76. The van der Waals surface area contributed by atoms with Gasteiger partial charge in [-0.2, -0.15) is 13.2 Å². The second-order valence-corrected chi connectivity index (χ2v) is 7.69. The van der Waals surface area contributed by atoms with Gasteiger partial charge in [0.15, 0.2) is 11.5 Å². The number of hydrogen-bond donors (Lipinski definition) is 0. The maximum atomic E-state index is 12.6. The molecule has 2 atom stereocenters. The van der Waals surface area contributed by atoms with Gasteiger partial charge < -0.3 is 9.47 Å². The van der Waals surface area contributed by atoms with Gasteiger partial charge in [-0.1, -0.05) is 13.3 Å². The van der Waals surface area contributed by atoms with Crippen molar-refractivity contribution in [3.05, 3.63) is 23.3 Å². The molecule has 28 heavy (non-hydrogen) atoms. The number of piperidine rings is 1. The molecule has 0 bridgehead atoms. The Morgan fingerprint density at radius 1 is 1.25 bits per heavy atom. The lowest BCUT2D eigenvalue weighted by molar-refractivity contribution is -0.136. The van der Waals surface area contributed by atoms with E-state index in [-0.39, 0.29) is 25.0 Å². The van der Waals surface area contributed by atoms with Crippen molar-refractivity contribution >= 4 is 5.78 Å². The Morgan fingerprint density at radius 3 is 2.71 bits per heavy atom. The molecule has 2 unspecified atom stereocenters. The fraction of sp³-hybridized carbons (Fsp3) is 0.667. The van der Waals surface area contributed by atoms with Gasteiger partial charge in [0.05, 0.1) is 13.7 Å². The average molecular weight is 399 g/mol. The van der Waals surface area contributed by atoms with E-state index in [1.165, 1.54) is 7.11 Å². The van der Waals surface area contributed by atoms with Gasteiger partial charge in [0.25, 0.3) is 0 Å². The Morgan fingerprint density at radius 2 is 2.04 bits per heavy atom. The molecule has 156 valence electrons. The summed E-state index contributed by atoms with van der Waals surface area (Å²) in [7, 11) is 1.52. The van der Waals surface area contributed by atoms with E-state index in [2.05, 4.69) is 11.8 Å². The SMILES string of the molecule is CCCC1CN2CCc3cc(OCCCC(F)(F)F)c(OC)cc3C2CC1=O. The Kier molecular flexibility index (Phi) is 6.53. The highest BCUT2D eigenvalue weighted by Crippen LogP contribution is 2.42. The zero-order chi connectivity index (χ0) is 20.3. The summed E-state index contributed by atoms with van der Waals surface area (Å²) in [6, 6.07) is 3.83. The number of carbonyl (C=O) groups is 1. The minimum atomic E-state index is -4.17. The molecule has 2 heterocycles. The maximum Gasteiger partial charge on any atom is 0.389 e. The van der Waals surface area contributed by atoms with E-state index < -0.39 is 12.6 Å². The molecule has 0 aromatic heterocycles. The fourth-order valence-corrected chi connectivity index (χ4v) is 4.29. The van der Waals surface area contributed by atoms with Gasteiger partial charge in [0.2, 0.25) is 0 Å². The van der Waals surface area contributed by atoms with Crippen molar-refractivity contribution in [3.63, 3.8) is 0 Å². The zero-order valence-electron chi connectivity index (χ0n) is 16.5. The van der Waals surface area contributed by atoms with Gasteiger partial charge in [-0.15, -0.1) is 0 Å². The van der Waals surface area contributed by atoms with Crippen molar-refractivity contribution in [1.82, 2.24) is 4.90 Å². The quantitative estimate of drug-likeness (QED) is 0.623. The predicted molar refractivity (Wildman–Crippen MR) is 99.8 cm³/mol. The molecule has 4 nitrogen and oxygen atoms in total. The number of Topliss-reactive ketones (excluding diaryl/α,β-unsaturated/α-hetero) is 1. The minimum Gasteiger partial charge on any atom is -0.493 e. The summed E-state index contributed by atoms with van der Waals surface area (Å²) in [6.45, 7) is 3.77. The van der Waals surface area contributed by atoms with Crippen LogP contribution >= 0.6 is 0 Å². The average Bonchev–Trinajstić information content (AvgIpc) is 2.64. The summed E-state index contributed by atoms with van der Waals surface area (Å²) in [5, 5.41) is 0. The van der Waals surface area contributed by atoms with Gasteiger partial charge in [-0.3, -0.25) is 9.69 Å². The van der Waals surface area contributed by atoms with Gasteiger partial charge in [-0.25, -0.2) is 0 Å². The highest BCUT2D eigenvalue weighted by Gasteiger charge is 2.38. The Balaban J connectivity index is 1.74. The van der Waals surface area contributed by atoms with Crippen LogP contribution in [0.15, 0.2) is 12.1 Å². The largest absolute Gasteiger partial charge is 0.493 e. The van der Waals surface area contributed by atoms with Crippen molar-refractivity contribution in [2.45, 2.75) is 57.7 Å². The highest BCUT2D eigenvalue weighted by molar-refractivity contribution is 5.83. The van der Waals surface area contributed by atoms with Crippen molar-refractivity contribution in [1.29, 1.82) is 0 Å². The lowest BCUT2D eigenvalue weighted by atomic mass is 9.81. The molecule has 0 N–H and O–H groups in total. The third-order valence-corrected chi connectivity index (χ3v) is 5.70. The highest BCUT2D eigenvalue weighted by atomic mass is 19.4. The first kappa shape index (κ1) is 21.0. The summed E-state index contributed by atoms with van der Waals surface area (Å²) in [6.07, 6.45) is -1.84. The summed E-state index contributed by atoms with van der Waals surface area (Å²) in [5.41, 5.74) is 2.17. The number of rotatable bonds is 7. The lowest BCUT2D eigenvalue weighted by Crippen LogP contribution is -2.46. The molecule has 0 aliphatic carbocycles. The van der Waals surface area contributed by atoms with Crippen molar-refractivity contribution in [2.75, 3.05) is 26.8 Å². The fourth-order valence-electron chi connectivity index (χ4n) is 4.29. The molecule has 1 aromatic rings. The first-order chi connectivity index (χ1) is 13.3. The van der Waals surface area contributed by atoms with E-state index in [9.17, 15) is 18.0 Å². The first-order valence-electron chi connectivity index (χ1n) is 9.99. The first-order valence-corrected chi connectivity index (χ1v) is 9.99. The molecule has 1 fully saturated rings. The van der Waals surface area contributed by atoms with Gasteiger partial charge in [0, 0.05) is 37.9 Å². The molecule has 7 heteroatoms.